The molecule has 0 unspecified atom stereocenters. The van der Waals surface area contributed by atoms with Gasteiger partial charge in [-0.3, -0.25) is 4.79 Å². The molecule has 0 aliphatic carbocycles. The van der Waals surface area contributed by atoms with E-state index in [1.807, 2.05) is 20.9 Å². The first-order valence-corrected chi connectivity index (χ1v) is 13.8. The van der Waals surface area contributed by atoms with Gasteiger partial charge in [0.25, 0.3) is 5.56 Å². The van der Waals surface area contributed by atoms with Crippen LogP contribution < -0.4 is 10.3 Å². The number of H-pyrrole nitrogens is 1. The largest absolute Gasteiger partial charge is 0.493 e. The maximum atomic E-state index is 13.4. The second kappa shape index (κ2) is 10.1. The number of benzene rings is 1. The van der Waals surface area contributed by atoms with Gasteiger partial charge in [0.2, 0.25) is 10.0 Å². The highest BCUT2D eigenvalue weighted by atomic mass is 32.2. The number of aromatic nitrogens is 3. The van der Waals surface area contributed by atoms with E-state index < -0.39 is 10.0 Å². The fourth-order valence-corrected chi connectivity index (χ4v) is 6.30. The summed E-state index contributed by atoms with van der Waals surface area (Å²) in [5, 5.41) is 4.81. The number of hydrogen-bond donors (Lipinski definition) is 1. The quantitative estimate of drug-likeness (QED) is 0.510. The van der Waals surface area contributed by atoms with Crippen molar-refractivity contribution in [1.82, 2.24) is 23.8 Å². The Morgan fingerprint density at radius 2 is 1.83 bits per heavy atom. The number of hydrogen-bond acceptors (Lipinski definition) is 6. The molecule has 0 bridgehead atoms. The highest BCUT2D eigenvalue weighted by molar-refractivity contribution is 7.89. The number of piperazine rings is 1. The number of rotatable bonds is 8. The van der Waals surface area contributed by atoms with Gasteiger partial charge in [0.1, 0.15) is 11.3 Å². The summed E-state index contributed by atoms with van der Waals surface area (Å²) in [5.74, 6) is 0.764. The second-order valence-corrected chi connectivity index (χ2v) is 11.0. The molecule has 0 atom stereocenters. The van der Waals surface area contributed by atoms with Crippen LogP contribution in [-0.4, -0.2) is 72.1 Å². The van der Waals surface area contributed by atoms with Crippen molar-refractivity contribution in [2.75, 3.05) is 39.8 Å². The summed E-state index contributed by atoms with van der Waals surface area (Å²) in [4.78, 5) is 18.4. The van der Waals surface area contributed by atoms with Gasteiger partial charge in [0.15, 0.2) is 5.82 Å². The molecule has 10 heteroatoms. The molecule has 1 N–H and O–H groups in total. The average Bonchev–Trinajstić information content (AvgIpc) is 3.11. The highest BCUT2D eigenvalue weighted by Gasteiger charge is 2.29. The van der Waals surface area contributed by atoms with Crippen molar-refractivity contribution in [2.45, 2.75) is 51.9 Å². The Balaban J connectivity index is 1.89. The Morgan fingerprint density at radius 3 is 2.46 bits per heavy atom. The summed E-state index contributed by atoms with van der Waals surface area (Å²) in [7, 11) is -1.72. The molecule has 0 radical (unpaired) electrons. The lowest BCUT2D eigenvalue weighted by atomic mass is 10.1. The van der Waals surface area contributed by atoms with Gasteiger partial charge in [-0.1, -0.05) is 20.3 Å². The van der Waals surface area contributed by atoms with Crippen LogP contribution >= 0.6 is 0 Å². The number of aryl methyl sites for hydroxylation is 2. The van der Waals surface area contributed by atoms with Crippen LogP contribution in [-0.2, 0) is 22.9 Å². The van der Waals surface area contributed by atoms with Gasteiger partial charge in [-0.2, -0.15) is 4.31 Å². The summed E-state index contributed by atoms with van der Waals surface area (Å²) in [6.07, 6.45) is 2.53. The zero-order valence-corrected chi connectivity index (χ0v) is 22.0. The van der Waals surface area contributed by atoms with Crippen LogP contribution in [0.4, 0.5) is 0 Å². The maximum Gasteiger partial charge on any atom is 0.275 e. The van der Waals surface area contributed by atoms with Gasteiger partial charge in [-0.05, 0) is 63.1 Å². The predicted octanol–water partition coefficient (Wildman–Crippen LogP) is 2.85. The molecule has 1 fully saturated rings. The lowest BCUT2D eigenvalue weighted by molar-refractivity contribution is 0.222. The molecule has 3 aromatic rings. The minimum absolute atomic E-state index is 0.162. The van der Waals surface area contributed by atoms with E-state index in [0.717, 1.165) is 36.1 Å². The van der Waals surface area contributed by atoms with Gasteiger partial charge in [-0.25, -0.2) is 12.9 Å². The molecule has 2 aromatic heterocycles. The van der Waals surface area contributed by atoms with E-state index in [1.54, 1.807) is 22.7 Å². The maximum absolute atomic E-state index is 13.4. The van der Waals surface area contributed by atoms with Crippen LogP contribution in [0.1, 0.15) is 44.0 Å². The first-order valence-electron chi connectivity index (χ1n) is 12.3. The van der Waals surface area contributed by atoms with Crippen LogP contribution in [0.25, 0.3) is 16.9 Å². The lowest BCUT2D eigenvalue weighted by Crippen LogP contribution is -2.47. The number of likely N-dealkylation sites (N-methyl/N-ethyl adjacent to an activating group) is 1. The summed E-state index contributed by atoms with van der Waals surface area (Å²) in [6, 6.07) is 4.78. The number of sulfonamides is 1. The molecule has 0 amide bonds. The van der Waals surface area contributed by atoms with Gasteiger partial charge in [0, 0.05) is 31.9 Å². The van der Waals surface area contributed by atoms with Gasteiger partial charge >= 0.3 is 0 Å². The molecule has 3 heterocycles. The molecular weight excluding hydrogens is 466 g/mol. The lowest BCUT2D eigenvalue weighted by Gasteiger charge is -2.31. The van der Waals surface area contributed by atoms with Gasteiger partial charge in [-0.15, -0.1) is 5.10 Å². The van der Waals surface area contributed by atoms with E-state index in [9.17, 15) is 13.2 Å². The van der Waals surface area contributed by atoms with E-state index in [-0.39, 0.29) is 16.3 Å². The zero-order valence-electron chi connectivity index (χ0n) is 21.2. The van der Waals surface area contributed by atoms with Crippen molar-refractivity contribution in [3.63, 3.8) is 0 Å². The number of ether oxygens (including phenoxy) is 1. The highest BCUT2D eigenvalue weighted by Crippen LogP contribution is 2.32. The second-order valence-electron chi connectivity index (χ2n) is 9.02. The van der Waals surface area contributed by atoms with Crippen molar-refractivity contribution in [2.24, 2.45) is 0 Å². The minimum atomic E-state index is -3.70. The smallest absolute Gasteiger partial charge is 0.275 e. The Hall–Kier alpha value is -2.69. The monoisotopic (exact) mass is 501 g/mol. The first kappa shape index (κ1) is 25.4. The molecule has 0 spiro atoms. The van der Waals surface area contributed by atoms with Gasteiger partial charge < -0.3 is 14.6 Å². The topological polar surface area (TPSA) is 100 Å². The summed E-state index contributed by atoms with van der Waals surface area (Å²) >= 11 is 0. The fourth-order valence-electron chi connectivity index (χ4n) is 4.85. The minimum Gasteiger partial charge on any atom is -0.493 e. The van der Waals surface area contributed by atoms with Crippen molar-refractivity contribution in [3.05, 3.63) is 45.4 Å². The van der Waals surface area contributed by atoms with Crippen molar-refractivity contribution >= 4 is 15.5 Å². The van der Waals surface area contributed by atoms with Crippen molar-refractivity contribution in [1.29, 1.82) is 0 Å². The first-order chi connectivity index (χ1) is 16.7. The molecular formula is C25H35N5O4S. The van der Waals surface area contributed by atoms with E-state index in [4.69, 9.17) is 9.84 Å². The van der Waals surface area contributed by atoms with Crippen molar-refractivity contribution < 1.29 is 13.2 Å². The van der Waals surface area contributed by atoms with Crippen LogP contribution in [0.2, 0.25) is 0 Å². The molecule has 1 aliphatic rings. The van der Waals surface area contributed by atoms with Crippen LogP contribution in [0, 0.1) is 6.92 Å². The molecule has 4 rings (SSSR count). The molecule has 9 nitrogen and oxygen atoms in total. The standard InChI is InChI=1S/C25H35N5O4S/c1-6-9-21-19(7-2)17(4)23-25(31)26-24(27-30(21)23)20-16-18(10-11-22(20)34-8-3)35(32,33)29-14-12-28(5)13-15-29/h10-11,16H,6-9,12-15H2,1-5H3,(H,26,27,31). The van der Waals surface area contributed by atoms with E-state index >= 15 is 0 Å². The molecule has 1 aromatic carbocycles. The molecule has 1 saturated heterocycles. The van der Waals surface area contributed by atoms with Crippen LogP contribution in [0.3, 0.4) is 0 Å². The fraction of sp³-hybridized carbons (Fsp3) is 0.520. The third-order valence-corrected chi connectivity index (χ3v) is 8.61. The Bertz CT molecular complexity index is 1390. The van der Waals surface area contributed by atoms with E-state index in [1.165, 1.54) is 4.31 Å². The number of nitrogens with one attached hydrogen (secondary N) is 1. The third-order valence-electron chi connectivity index (χ3n) is 6.72. The molecule has 1 aliphatic heterocycles. The van der Waals surface area contributed by atoms with E-state index in [2.05, 4.69) is 23.7 Å². The Morgan fingerprint density at radius 1 is 1.11 bits per heavy atom. The predicted molar refractivity (Wildman–Crippen MR) is 137 cm³/mol. The summed E-state index contributed by atoms with van der Waals surface area (Å²) < 4.78 is 35.9. The van der Waals surface area contributed by atoms with Crippen molar-refractivity contribution in [3.8, 4) is 17.1 Å². The Labute approximate surface area is 206 Å². The molecule has 0 saturated carbocycles. The van der Waals surface area contributed by atoms with E-state index in [0.29, 0.717) is 49.6 Å². The zero-order chi connectivity index (χ0) is 25.3. The average molecular weight is 502 g/mol. The molecule has 35 heavy (non-hydrogen) atoms. The summed E-state index contributed by atoms with van der Waals surface area (Å²) in [6.45, 7) is 10.6. The number of fused-ring (bicyclic) bond motifs is 1. The SMILES string of the molecule is CCCc1c(CC)c(C)c2c(=O)[nH]c(-c3cc(S(=O)(=O)N4CCN(C)CC4)ccc3OCC)nn12. The Kier molecular flexibility index (Phi) is 7.35. The normalized spacial score (nSPS) is 15.7. The third kappa shape index (κ3) is 4.62. The molecule has 190 valence electrons. The summed E-state index contributed by atoms with van der Waals surface area (Å²) in [5.41, 5.74) is 3.83. The van der Waals surface area contributed by atoms with Crippen LogP contribution in [0.15, 0.2) is 27.9 Å². The van der Waals surface area contributed by atoms with Crippen LogP contribution in [0.5, 0.6) is 5.75 Å². The van der Waals surface area contributed by atoms with Gasteiger partial charge in [0.05, 0.1) is 17.1 Å². The number of nitrogens with zero attached hydrogens (tertiary/aromatic N) is 4. The number of aromatic amines is 1.